The Morgan fingerprint density at radius 3 is 2.90 bits per heavy atom. The number of hydrogen-bond acceptors (Lipinski definition) is 4. The molecule has 0 aliphatic rings. The number of benzene rings is 1. The second-order valence-corrected chi connectivity index (χ2v) is 5.09. The predicted molar refractivity (Wildman–Crippen MR) is 84.2 cm³/mol. The minimum atomic E-state index is -0.0351. The first-order valence-electron chi connectivity index (χ1n) is 6.88. The van der Waals surface area contributed by atoms with Crippen LogP contribution in [0.15, 0.2) is 36.9 Å². The minimum absolute atomic E-state index is 0.0351. The number of rotatable bonds is 6. The van der Waals surface area contributed by atoms with Gasteiger partial charge in [0.1, 0.15) is 0 Å². The van der Waals surface area contributed by atoms with Gasteiger partial charge in [0.05, 0.1) is 11.9 Å². The number of carbonyl (C=O) groups excluding carboxylic acids is 1. The van der Waals surface area contributed by atoms with Crippen molar-refractivity contribution >= 4 is 17.3 Å². The van der Waals surface area contributed by atoms with Crippen molar-refractivity contribution in [2.75, 3.05) is 31.7 Å². The molecule has 0 saturated carbocycles. The highest BCUT2D eigenvalue weighted by atomic mass is 16.2. The van der Waals surface area contributed by atoms with E-state index in [1.54, 1.807) is 49.7 Å². The Hall–Kier alpha value is -2.50. The number of nitrogens with one attached hydrogen (secondary N) is 1. The monoisotopic (exact) mass is 287 g/mol. The Bertz CT molecular complexity index is 592. The van der Waals surface area contributed by atoms with Crippen LogP contribution in [-0.2, 0) is 6.54 Å². The lowest BCUT2D eigenvalue weighted by molar-refractivity contribution is 0.0828. The van der Waals surface area contributed by atoms with E-state index < -0.39 is 0 Å². The molecule has 0 spiro atoms. The Morgan fingerprint density at radius 2 is 2.24 bits per heavy atom. The summed E-state index contributed by atoms with van der Waals surface area (Å²) < 4.78 is 2.02. The Morgan fingerprint density at radius 1 is 1.43 bits per heavy atom. The lowest BCUT2D eigenvalue weighted by Gasteiger charge is -2.16. The van der Waals surface area contributed by atoms with E-state index in [0.29, 0.717) is 11.3 Å². The highest BCUT2D eigenvalue weighted by Gasteiger charge is 2.13. The van der Waals surface area contributed by atoms with Gasteiger partial charge in [0, 0.05) is 51.0 Å². The molecule has 6 nitrogen and oxygen atoms in total. The number of nitrogens with zero attached hydrogens (tertiary/aromatic N) is 3. The molecule has 1 amide bonds. The Kier molecular flexibility index (Phi) is 4.81. The number of amides is 1. The number of carbonyl (C=O) groups is 1. The summed E-state index contributed by atoms with van der Waals surface area (Å²) in [5.74, 6) is -0.0351. The molecule has 3 N–H and O–H groups in total. The number of imidazole rings is 1. The highest BCUT2D eigenvalue weighted by Crippen LogP contribution is 2.20. The van der Waals surface area contributed by atoms with Gasteiger partial charge in [-0.2, -0.15) is 0 Å². The van der Waals surface area contributed by atoms with Crippen molar-refractivity contribution in [2.24, 2.45) is 0 Å². The molecular formula is C15H21N5O. The molecule has 0 aliphatic heterocycles. The summed E-state index contributed by atoms with van der Waals surface area (Å²) in [6.07, 6.45) is 6.42. The molecule has 0 unspecified atom stereocenters. The van der Waals surface area contributed by atoms with Crippen LogP contribution in [-0.4, -0.2) is 41.0 Å². The first-order chi connectivity index (χ1) is 10.1. The lowest BCUT2D eigenvalue weighted by atomic mass is 10.1. The number of hydrogen-bond donors (Lipinski definition) is 2. The van der Waals surface area contributed by atoms with E-state index in [1.165, 1.54) is 0 Å². The van der Waals surface area contributed by atoms with Crippen LogP contribution in [0.1, 0.15) is 16.8 Å². The largest absolute Gasteiger partial charge is 0.399 e. The van der Waals surface area contributed by atoms with E-state index in [9.17, 15) is 4.79 Å². The summed E-state index contributed by atoms with van der Waals surface area (Å²) in [7, 11) is 3.48. The topological polar surface area (TPSA) is 76.2 Å². The van der Waals surface area contributed by atoms with Crippen molar-refractivity contribution in [3.8, 4) is 0 Å². The fraction of sp³-hybridized carbons (Fsp3) is 0.333. The molecule has 0 fully saturated rings. The third-order valence-electron chi connectivity index (χ3n) is 3.15. The first-order valence-corrected chi connectivity index (χ1v) is 6.88. The van der Waals surface area contributed by atoms with Crippen LogP contribution in [0.5, 0.6) is 0 Å². The Labute approximate surface area is 124 Å². The van der Waals surface area contributed by atoms with E-state index in [4.69, 9.17) is 5.73 Å². The zero-order chi connectivity index (χ0) is 15.2. The van der Waals surface area contributed by atoms with Gasteiger partial charge < -0.3 is 20.5 Å². The maximum absolute atomic E-state index is 12.1. The number of aromatic nitrogens is 2. The molecule has 0 saturated heterocycles. The van der Waals surface area contributed by atoms with Crippen LogP contribution < -0.4 is 11.1 Å². The molecule has 2 aromatic rings. The summed E-state index contributed by atoms with van der Waals surface area (Å²) in [5.41, 5.74) is 7.86. The number of nitrogen functional groups attached to an aromatic ring is 1. The summed E-state index contributed by atoms with van der Waals surface area (Å²) in [6, 6.07) is 5.30. The van der Waals surface area contributed by atoms with E-state index in [0.717, 1.165) is 25.2 Å². The maximum atomic E-state index is 12.1. The molecule has 112 valence electrons. The Balaban J connectivity index is 1.98. The standard InChI is InChI=1S/C15H21N5O/c1-19(2)15(21)13-5-4-12(16)10-14(13)18-6-3-8-20-9-7-17-11-20/h4-5,7,9-11,18H,3,6,8,16H2,1-2H3. The molecule has 0 aliphatic carbocycles. The van der Waals surface area contributed by atoms with Gasteiger partial charge in [-0.25, -0.2) is 4.98 Å². The maximum Gasteiger partial charge on any atom is 0.255 e. The van der Waals surface area contributed by atoms with Crippen LogP contribution >= 0.6 is 0 Å². The molecular weight excluding hydrogens is 266 g/mol. The molecule has 1 aromatic carbocycles. The number of anilines is 2. The van der Waals surface area contributed by atoms with E-state index in [1.807, 2.05) is 10.8 Å². The fourth-order valence-corrected chi connectivity index (χ4v) is 2.04. The van der Waals surface area contributed by atoms with E-state index in [2.05, 4.69) is 10.3 Å². The van der Waals surface area contributed by atoms with Crippen LogP contribution in [0.2, 0.25) is 0 Å². The van der Waals surface area contributed by atoms with Gasteiger partial charge in [0.25, 0.3) is 5.91 Å². The molecule has 0 bridgehead atoms. The average molecular weight is 287 g/mol. The summed E-state index contributed by atoms with van der Waals surface area (Å²) >= 11 is 0. The fourth-order valence-electron chi connectivity index (χ4n) is 2.04. The smallest absolute Gasteiger partial charge is 0.255 e. The van der Waals surface area contributed by atoms with Crippen molar-refractivity contribution in [3.05, 3.63) is 42.5 Å². The first kappa shape index (κ1) is 14.9. The van der Waals surface area contributed by atoms with Gasteiger partial charge in [-0.05, 0) is 24.6 Å². The van der Waals surface area contributed by atoms with Gasteiger partial charge in [0.2, 0.25) is 0 Å². The van der Waals surface area contributed by atoms with Crippen molar-refractivity contribution in [1.82, 2.24) is 14.5 Å². The molecule has 2 rings (SSSR count). The highest BCUT2D eigenvalue weighted by molar-refractivity contribution is 5.99. The zero-order valence-corrected chi connectivity index (χ0v) is 12.4. The van der Waals surface area contributed by atoms with Crippen molar-refractivity contribution < 1.29 is 4.79 Å². The van der Waals surface area contributed by atoms with E-state index in [-0.39, 0.29) is 5.91 Å². The predicted octanol–water partition coefficient (Wildman–Crippen LogP) is 1.67. The quantitative estimate of drug-likeness (QED) is 0.626. The van der Waals surface area contributed by atoms with Crippen LogP contribution in [0.4, 0.5) is 11.4 Å². The molecule has 1 heterocycles. The zero-order valence-electron chi connectivity index (χ0n) is 12.4. The van der Waals surface area contributed by atoms with Gasteiger partial charge in [-0.3, -0.25) is 4.79 Å². The molecule has 0 radical (unpaired) electrons. The van der Waals surface area contributed by atoms with Gasteiger partial charge >= 0.3 is 0 Å². The van der Waals surface area contributed by atoms with Crippen LogP contribution in [0.3, 0.4) is 0 Å². The van der Waals surface area contributed by atoms with Crippen molar-refractivity contribution in [3.63, 3.8) is 0 Å². The van der Waals surface area contributed by atoms with Gasteiger partial charge in [-0.15, -0.1) is 0 Å². The van der Waals surface area contributed by atoms with Crippen molar-refractivity contribution in [1.29, 1.82) is 0 Å². The second kappa shape index (κ2) is 6.78. The molecule has 6 heteroatoms. The minimum Gasteiger partial charge on any atom is -0.399 e. The van der Waals surface area contributed by atoms with E-state index >= 15 is 0 Å². The third-order valence-corrected chi connectivity index (χ3v) is 3.15. The summed E-state index contributed by atoms with van der Waals surface area (Å²) in [6.45, 7) is 1.64. The third kappa shape index (κ3) is 3.98. The summed E-state index contributed by atoms with van der Waals surface area (Å²) in [5, 5.41) is 3.29. The number of nitrogens with two attached hydrogens (primary N) is 1. The second-order valence-electron chi connectivity index (χ2n) is 5.09. The summed E-state index contributed by atoms with van der Waals surface area (Å²) in [4.78, 5) is 17.7. The normalized spacial score (nSPS) is 10.4. The van der Waals surface area contributed by atoms with Crippen LogP contribution in [0.25, 0.3) is 0 Å². The number of aryl methyl sites for hydroxylation is 1. The molecule has 21 heavy (non-hydrogen) atoms. The van der Waals surface area contributed by atoms with Gasteiger partial charge in [0.15, 0.2) is 0 Å². The SMILES string of the molecule is CN(C)C(=O)c1ccc(N)cc1NCCCn1ccnc1. The van der Waals surface area contributed by atoms with Crippen LogP contribution in [0, 0.1) is 0 Å². The van der Waals surface area contributed by atoms with Crippen molar-refractivity contribution in [2.45, 2.75) is 13.0 Å². The average Bonchev–Trinajstić information content (AvgIpc) is 2.96. The molecule has 1 aromatic heterocycles. The lowest BCUT2D eigenvalue weighted by Crippen LogP contribution is -2.23. The molecule has 0 atom stereocenters. The van der Waals surface area contributed by atoms with Gasteiger partial charge in [-0.1, -0.05) is 0 Å².